The summed E-state index contributed by atoms with van der Waals surface area (Å²) in [5.41, 5.74) is 0.256. The summed E-state index contributed by atoms with van der Waals surface area (Å²) in [7, 11) is 2.82. The third kappa shape index (κ3) is 4.19. The molecule has 0 bridgehead atoms. The number of benzene rings is 1. The summed E-state index contributed by atoms with van der Waals surface area (Å²) < 4.78 is 10.3. The number of carbonyl (C=O) groups excluding carboxylic acids is 1. The minimum atomic E-state index is -1.12. The van der Waals surface area contributed by atoms with Crippen LogP contribution in [-0.2, 0) is 11.2 Å². The second-order valence-electron chi connectivity index (χ2n) is 4.54. The number of hydrogen-bond donors (Lipinski definition) is 2. The van der Waals surface area contributed by atoms with Gasteiger partial charge in [-0.3, -0.25) is 4.79 Å². The van der Waals surface area contributed by atoms with Gasteiger partial charge < -0.3 is 19.9 Å². The molecule has 8 heteroatoms. The van der Waals surface area contributed by atoms with Gasteiger partial charge in [0.05, 0.1) is 30.5 Å². The average Bonchev–Trinajstić information content (AvgIpc) is 3.05. The number of rotatable bonds is 7. The third-order valence-corrected chi connectivity index (χ3v) is 3.89. The molecule has 0 atom stereocenters. The van der Waals surface area contributed by atoms with Crippen molar-refractivity contribution in [2.45, 2.75) is 12.8 Å². The summed E-state index contributed by atoms with van der Waals surface area (Å²) in [5.74, 6) is -0.866. The van der Waals surface area contributed by atoms with E-state index in [1.807, 2.05) is 5.38 Å². The summed E-state index contributed by atoms with van der Waals surface area (Å²) >= 11 is 1.48. The largest absolute Gasteiger partial charge is 0.493 e. The second kappa shape index (κ2) is 7.59. The third-order valence-electron chi connectivity index (χ3n) is 3.05. The van der Waals surface area contributed by atoms with Crippen molar-refractivity contribution in [1.29, 1.82) is 0 Å². The fourth-order valence-electron chi connectivity index (χ4n) is 1.99. The Balaban J connectivity index is 2.17. The number of methoxy groups -OCH3 is 2. The zero-order valence-corrected chi connectivity index (χ0v) is 13.5. The smallest absolute Gasteiger partial charge is 0.335 e. The number of nitrogens with one attached hydrogen (secondary N) is 1. The van der Waals surface area contributed by atoms with Gasteiger partial charge in [0, 0.05) is 24.4 Å². The Bertz CT molecular complexity index is 700. The molecule has 1 aromatic heterocycles. The fraction of sp³-hybridized carbons (Fsp3) is 0.267. The summed E-state index contributed by atoms with van der Waals surface area (Å²) in [6.07, 6.45) is 2.43. The maximum Gasteiger partial charge on any atom is 0.335 e. The summed E-state index contributed by atoms with van der Waals surface area (Å²) in [6.45, 7) is 0. The second-order valence-corrected chi connectivity index (χ2v) is 5.52. The van der Waals surface area contributed by atoms with Crippen LogP contribution in [0.2, 0.25) is 0 Å². The van der Waals surface area contributed by atoms with E-state index in [0.717, 1.165) is 5.01 Å². The van der Waals surface area contributed by atoms with Gasteiger partial charge in [0.25, 0.3) is 0 Å². The molecule has 2 aromatic rings. The van der Waals surface area contributed by atoms with Crippen molar-refractivity contribution < 1.29 is 24.2 Å². The molecule has 0 radical (unpaired) electrons. The molecule has 0 aliphatic heterocycles. The van der Waals surface area contributed by atoms with Crippen molar-refractivity contribution in [2.75, 3.05) is 19.5 Å². The molecular formula is C15H16N2O5S. The zero-order chi connectivity index (χ0) is 16.8. The van der Waals surface area contributed by atoms with Crippen LogP contribution >= 0.6 is 11.3 Å². The van der Waals surface area contributed by atoms with Crippen LogP contribution in [0.15, 0.2) is 23.7 Å². The molecule has 0 unspecified atom stereocenters. The van der Waals surface area contributed by atoms with E-state index in [1.165, 1.54) is 37.7 Å². The maximum atomic E-state index is 12.1. The Morgan fingerprint density at radius 2 is 2.09 bits per heavy atom. The van der Waals surface area contributed by atoms with Crippen LogP contribution in [-0.4, -0.2) is 36.2 Å². The number of ether oxygens (including phenoxy) is 2. The molecule has 2 rings (SSSR count). The molecule has 0 saturated heterocycles. The lowest BCUT2D eigenvalue weighted by atomic mass is 10.1. The Morgan fingerprint density at radius 1 is 1.30 bits per heavy atom. The van der Waals surface area contributed by atoms with Crippen LogP contribution < -0.4 is 14.8 Å². The van der Waals surface area contributed by atoms with E-state index in [4.69, 9.17) is 14.6 Å². The number of hydrogen-bond acceptors (Lipinski definition) is 6. The highest BCUT2D eigenvalue weighted by Crippen LogP contribution is 2.36. The van der Waals surface area contributed by atoms with Crippen LogP contribution in [0.3, 0.4) is 0 Å². The Labute approximate surface area is 136 Å². The molecule has 0 fully saturated rings. The van der Waals surface area contributed by atoms with Gasteiger partial charge in [0.1, 0.15) is 0 Å². The number of carboxylic acid groups (broad SMARTS) is 1. The molecule has 23 heavy (non-hydrogen) atoms. The van der Waals surface area contributed by atoms with Crippen LogP contribution in [0.1, 0.15) is 21.8 Å². The monoisotopic (exact) mass is 336 g/mol. The van der Waals surface area contributed by atoms with E-state index in [-0.39, 0.29) is 35.1 Å². The minimum Gasteiger partial charge on any atom is -0.493 e. The van der Waals surface area contributed by atoms with E-state index >= 15 is 0 Å². The molecule has 122 valence electrons. The van der Waals surface area contributed by atoms with Crippen molar-refractivity contribution in [3.05, 3.63) is 34.3 Å². The number of aryl methyl sites for hydroxylation is 1. The van der Waals surface area contributed by atoms with Crippen molar-refractivity contribution in [3.63, 3.8) is 0 Å². The van der Waals surface area contributed by atoms with E-state index in [2.05, 4.69) is 10.3 Å². The van der Waals surface area contributed by atoms with E-state index in [1.54, 1.807) is 6.20 Å². The first-order valence-corrected chi connectivity index (χ1v) is 7.60. The Kier molecular flexibility index (Phi) is 5.53. The molecule has 0 aliphatic rings. The number of nitrogens with zero attached hydrogens (tertiary/aromatic N) is 1. The molecule has 1 amide bonds. The normalized spacial score (nSPS) is 10.2. The number of carboxylic acids is 1. The van der Waals surface area contributed by atoms with Gasteiger partial charge in [-0.25, -0.2) is 9.78 Å². The number of thiazole rings is 1. The fourth-order valence-corrected chi connectivity index (χ4v) is 2.61. The van der Waals surface area contributed by atoms with Crippen LogP contribution in [0.5, 0.6) is 11.5 Å². The van der Waals surface area contributed by atoms with Crippen molar-refractivity contribution in [2.24, 2.45) is 0 Å². The van der Waals surface area contributed by atoms with Gasteiger partial charge in [-0.2, -0.15) is 0 Å². The van der Waals surface area contributed by atoms with Crippen molar-refractivity contribution in [3.8, 4) is 11.5 Å². The lowest BCUT2D eigenvalue weighted by Crippen LogP contribution is -2.14. The van der Waals surface area contributed by atoms with Gasteiger partial charge >= 0.3 is 5.97 Å². The van der Waals surface area contributed by atoms with Gasteiger partial charge in [0.15, 0.2) is 11.5 Å². The lowest BCUT2D eigenvalue weighted by Gasteiger charge is -2.14. The molecule has 0 spiro atoms. The topological polar surface area (TPSA) is 97.8 Å². The SMILES string of the molecule is COc1cc(C(=O)O)cc(NC(=O)CCc2nccs2)c1OC. The van der Waals surface area contributed by atoms with Crippen LogP contribution in [0, 0.1) is 0 Å². The highest BCUT2D eigenvalue weighted by atomic mass is 32.1. The Hall–Kier alpha value is -2.61. The molecule has 0 aliphatic carbocycles. The molecule has 7 nitrogen and oxygen atoms in total. The number of amides is 1. The first-order chi connectivity index (χ1) is 11.0. The number of aromatic nitrogens is 1. The molecular weight excluding hydrogens is 320 g/mol. The predicted molar refractivity (Wildman–Crippen MR) is 85.6 cm³/mol. The van der Waals surface area contributed by atoms with E-state index < -0.39 is 5.97 Å². The maximum absolute atomic E-state index is 12.1. The molecule has 1 heterocycles. The van der Waals surface area contributed by atoms with Crippen molar-refractivity contribution in [1.82, 2.24) is 4.98 Å². The average molecular weight is 336 g/mol. The lowest BCUT2D eigenvalue weighted by molar-refractivity contribution is -0.116. The van der Waals surface area contributed by atoms with Gasteiger partial charge in [-0.1, -0.05) is 0 Å². The quantitative estimate of drug-likeness (QED) is 0.806. The first kappa shape index (κ1) is 16.8. The highest BCUT2D eigenvalue weighted by Gasteiger charge is 2.17. The molecule has 0 saturated carbocycles. The highest BCUT2D eigenvalue weighted by molar-refractivity contribution is 7.09. The summed E-state index contributed by atoms with van der Waals surface area (Å²) in [6, 6.07) is 2.68. The first-order valence-electron chi connectivity index (χ1n) is 6.72. The number of anilines is 1. The van der Waals surface area contributed by atoms with Crippen LogP contribution in [0.25, 0.3) is 0 Å². The Morgan fingerprint density at radius 3 is 2.65 bits per heavy atom. The van der Waals surface area contributed by atoms with Gasteiger partial charge in [0.2, 0.25) is 5.91 Å². The minimum absolute atomic E-state index is 0.00197. The van der Waals surface area contributed by atoms with E-state index in [0.29, 0.717) is 6.42 Å². The number of carbonyl (C=O) groups is 2. The standard InChI is InChI=1S/C15H16N2O5S/c1-21-11-8-9(15(19)20)7-10(14(11)22-2)17-12(18)3-4-13-16-5-6-23-13/h5-8H,3-4H2,1-2H3,(H,17,18)(H,19,20). The van der Waals surface area contributed by atoms with Gasteiger partial charge in [-0.15, -0.1) is 11.3 Å². The van der Waals surface area contributed by atoms with Crippen LogP contribution in [0.4, 0.5) is 5.69 Å². The van der Waals surface area contributed by atoms with E-state index in [9.17, 15) is 9.59 Å². The predicted octanol–water partition coefficient (Wildman–Crippen LogP) is 2.43. The number of aromatic carboxylic acids is 1. The summed E-state index contributed by atoms with van der Waals surface area (Å²) in [4.78, 5) is 27.4. The molecule has 2 N–H and O–H groups in total. The van der Waals surface area contributed by atoms with Crippen molar-refractivity contribution >= 4 is 28.9 Å². The molecule has 1 aromatic carbocycles. The summed E-state index contributed by atoms with van der Waals surface area (Å²) in [5, 5.41) is 14.5. The zero-order valence-electron chi connectivity index (χ0n) is 12.7. The van der Waals surface area contributed by atoms with Gasteiger partial charge in [-0.05, 0) is 12.1 Å².